The number of aromatic nitrogens is 1. The normalized spacial score (nSPS) is 13.4. The van der Waals surface area contributed by atoms with E-state index in [0.29, 0.717) is 0 Å². The lowest BCUT2D eigenvalue weighted by atomic mass is 10.1. The zero-order valence-corrected chi connectivity index (χ0v) is 7.71. The average molecular weight is 194 g/mol. The largest absolute Gasteiger partial charge is 0.361 e. The lowest BCUT2D eigenvalue weighted by molar-refractivity contribution is 0.134. The van der Waals surface area contributed by atoms with Gasteiger partial charge in [-0.05, 0) is 30.7 Å². The van der Waals surface area contributed by atoms with Crippen LogP contribution in [0.3, 0.4) is 0 Å². The van der Waals surface area contributed by atoms with Gasteiger partial charge < -0.3 is 10.2 Å². The van der Waals surface area contributed by atoms with Crippen molar-refractivity contribution in [1.29, 1.82) is 0 Å². The lowest BCUT2D eigenvalue weighted by Gasteiger charge is -2.06. The first kappa shape index (κ1) is 9.18. The Kier molecular flexibility index (Phi) is 2.23. The summed E-state index contributed by atoms with van der Waals surface area (Å²) < 4.78 is 13.0. The predicted molar refractivity (Wildman–Crippen MR) is 51.6 cm³/mol. The molecule has 0 radical (unpaired) electrons. The molecule has 74 valence electrons. The molecule has 0 aliphatic rings. The molecule has 0 fully saturated rings. The molecule has 14 heavy (non-hydrogen) atoms. The summed E-state index contributed by atoms with van der Waals surface area (Å²) in [6.07, 6.45) is 1.76. The van der Waals surface area contributed by atoms with Crippen LogP contribution >= 0.6 is 0 Å². The van der Waals surface area contributed by atoms with Gasteiger partial charge >= 0.3 is 0 Å². The van der Waals surface area contributed by atoms with Crippen LogP contribution < -0.4 is 5.48 Å². The number of hydrogen-bond acceptors (Lipinski definition) is 2. The van der Waals surface area contributed by atoms with Crippen LogP contribution in [-0.2, 0) is 0 Å². The molecule has 0 saturated heterocycles. The molecule has 1 atom stereocenters. The van der Waals surface area contributed by atoms with Gasteiger partial charge in [-0.3, -0.25) is 0 Å². The minimum atomic E-state index is -0.275. The summed E-state index contributed by atoms with van der Waals surface area (Å²) >= 11 is 0. The highest BCUT2D eigenvalue weighted by Crippen LogP contribution is 2.24. The first-order valence-corrected chi connectivity index (χ1v) is 4.38. The maximum Gasteiger partial charge on any atom is 0.123 e. The smallest absolute Gasteiger partial charge is 0.123 e. The van der Waals surface area contributed by atoms with Crippen molar-refractivity contribution in [2.24, 2.45) is 0 Å². The van der Waals surface area contributed by atoms with E-state index >= 15 is 0 Å². The number of halogens is 1. The van der Waals surface area contributed by atoms with E-state index in [1.54, 1.807) is 19.2 Å². The number of rotatable bonds is 2. The molecule has 4 heteroatoms. The monoisotopic (exact) mass is 194 g/mol. The Hall–Kier alpha value is -1.39. The van der Waals surface area contributed by atoms with E-state index < -0.39 is 0 Å². The quantitative estimate of drug-likeness (QED) is 0.642. The van der Waals surface area contributed by atoms with Crippen molar-refractivity contribution in [3.05, 3.63) is 35.8 Å². The van der Waals surface area contributed by atoms with Gasteiger partial charge in [0, 0.05) is 17.1 Å². The van der Waals surface area contributed by atoms with Crippen LogP contribution in [0.2, 0.25) is 0 Å². The molecular weight excluding hydrogens is 183 g/mol. The molecule has 0 bridgehead atoms. The molecule has 3 N–H and O–H groups in total. The number of nitrogens with one attached hydrogen (secondary N) is 2. The van der Waals surface area contributed by atoms with Gasteiger partial charge in [-0.2, -0.15) is 5.48 Å². The summed E-state index contributed by atoms with van der Waals surface area (Å²) in [5.74, 6) is -0.275. The predicted octanol–water partition coefficient (Wildman–Crippen LogP) is 2.35. The number of aromatic amines is 1. The number of hydrogen-bond donors (Lipinski definition) is 3. The van der Waals surface area contributed by atoms with E-state index in [9.17, 15) is 4.39 Å². The summed E-state index contributed by atoms with van der Waals surface area (Å²) in [6, 6.07) is 4.32. The van der Waals surface area contributed by atoms with E-state index in [2.05, 4.69) is 10.5 Å². The van der Waals surface area contributed by atoms with E-state index in [1.807, 2.05) is 0 Å². The van der Waals surface area contributed by atoms with E-state index in [-0.39, 0.29) is 11.9 Å². The standard InChI is InChI=1S/C10H11FN2O/c1-6(13-14)9-5-12-10-3-2-7(11)4-8(9)10/h2-6,12-14H,1H3. The van der Waals surface area contributed by atoms with Gasteiger partial charge in [0.25, 0.3) is 0 Å². The molecule has 0 aliphatic heterocycles. The van der Waals surface area contributed by atoms with Gasteiger partial charge in [-0.15, -0.1) is 0 Å². The van der Waals surface area contributed by atoms with Crippen molar-refractivity contribution in [2.45, 2.75) is 13.0 Å². The third-order valence-corrected chi connectivity index (χ3v) is 2.34. The highest BCUT2D eigenvalue weighted by atomic mass is 19.1. The maximum absolute atomic E-state index is 13.0. The summed E-state index contributed by atoms with van der Waals surface area (Å²) in [7, 11) is 0. The lowest BCUT2D eigenvalue weighted by Crippen LogP contribution is -2.12. The second kappa shape index (κ2) is 3.40. The molecule has 1 aromatic carbocycles. The maximum atomic E-state index is 13.0. The SMILES string of the molecule is CC(NO)c1c[nH]c2ccc(F)cc12. The summed E-state index contributed by atoms with van der Waals surface area (Å²) in [5.41, 5.74) is 3.85. The number of benzene rings is 1. The van der Waals surface area contributed by atoms with Crippen molar-refractivity contribution >= 4 is 10.9 Å². The second-order valence-electron chi connectivity index (χ2n) is 3.28. The third-order valence-electron chi connectivity index (χ3n) is 2.34. The minimum absolute atomic E-state index is 0.217. The fourth-order valence-corrected chi connectivity index (χ4v) is 1.54. The molecule has 1 unspecified atom stereocenters. The number of hydroxylamine groups is 1. The van der Waals surface area contributed by atoms with Gasteiger partial charge in [0.2, 0.25) is 0 Å². The fraction of sp³-hybridized carbons (Fsp3) is 0.200. The molecule has 1 heterocycles. The van der Waals surface area contributed by atoms with Gasteiger partial charge in [-0.1, -0.05) is 0 Å². The van der Waals surface area contributed by atoms with Crippen LogP contribution in [0.4, 0.5) is 4.39 Å². The van der Waals surface area contributed by atoms with Crippen LogP contribution in [0.25, 0.3) is 10.9 Å². The fourth-order valence-electron chi connectivity index (χ4n) is 1.54. The summed E-state index contributed by atoms with van der Waals surface area (Å²) in [6.45, 7) is 1.80. The first-order chi connectivity index (χ1) is 6.72. The van der Waals surface area contributed by atoms with Crippen LogP contribution in [0.15, 0.2) is 24.4 Å². The summed E-state index contributed by atoms with van der Waals surface area (Å²) in [4.78, 5) is 3.01. The molecule has 1 aromatic heterocycles. The Morgan fingerprint density at radius 3 is 3.00 bits per heavy atom. The van der Waals surface area contributed by atoms with Crippen molar-refractivity contribution in [1.82, 2.24) is 10.5 Å². The second-order valence-corrected chi connectivity index (χ2v) is 3.28. The van der Waals surface area contributed by atoms with Gasteiger partial charge in [0.05, 0.1) is 6.04 Å². The zero-order valence-electron chi connectivity index (χ0n) is 7.71. The number of H-pyrrole nitrogens is 1. The number of fused-ring (bicyclic) bond motifs is 1. The summed E-state index contributed by atoms with van der Waals surface area (Å²) in [5, 5.41) is 9.57. The van der Waals surface area contributed by atoms with Crippen LogP contribution in [0, 0.1) is 5.82 Å². The molecule has 0 spiro atoms. The average Bonchev–Trinajstić information content (AvgIpc) is 2.59. The third kappa shape index (κ3) is 1.38. The van der Waals surface area contributed by atoms with Crippen molar-refractivity contribution in [2.75, 3.05) is 0 Å². The van der Waals surface area contributed by atoms with Gasteiger partial charge in [0.15, 0.2) is 0 Å². The van der Waals surface area contributed by atoms with Gasteiger partial charge in [-0.25, -0.2) is 4.39 Å². The Morgan fingerprint density at radius 1 is 1.50 bits per heavy atom. The Balaban J connectivity index is 2.61. The minimum Gasteiger partial charge on any atom is -0.361 e. The van der Waals surface area contributed by atoms with E-state index in [1.165, 1.54) is 12.1 Å². The topological polar surface area (TPSA) is 48.0 Å². The Bertz CT molecular complexity index is 452. The van der Waals surface area contributed by atoms with Gasteiger partial charge in [0.1, 0.15) is 5.82 Å². The van der Waals surface area contributed by atoms with Crippen molar-refractivity contribution < 1.29 is 9.60 Å². The highest BCUT2D eigenvalue weighted by molar-refractivity contribution is 5.83. The Labute approximate surface area is 80.5 Å². The molecule has 2 rings (SSSR count). The van der Waals surface area contributed by atoms with Crippen LogP contribution in [0.5, 0.6) is 0 Å². The highest BCUT2D eigenvalue weighted by Gasteiger charge is 2.10. The molecule has 0 saturated carbocycles. The van der Waals surface area contributed by atoms with Crippen molar-refractivity contribution in [3.63, 3.8) is 0 Å². The van der Waals surface area contributed by atoms with Crippen LogP contribution in [0.1, 0.15) is 18.5 Å². The van der Waals surface area contributed by atoms with Crippen LogP contribution in [-0.4, -0.2) is 10.2 Å². The molecule has 0 amide bonds. The first-order valence-electron chi connectivity index (χ1n) is 4.38. The molecule has 2 aromatic rings. The van der Waals surface area contributed by atoms with Crippen molar-refractivity contribution in [3.8, 4) is 0 Å². The Morgan fingerprint density at radius 2 is 2.29 bits per heavy atom. The van der Waals surface area contributed by atoms with E-state index in [0.717, 1.165) is 16.5 Å². The van der Waals surface area contributed by atoms with E-state index in [4.69, 9.17) is 5.21 Å². The molecule has 3 nitrogen and oxygen atoms in total. The molecular formula is C10H11FN2O. The molecule has 0 aliphatic carbocycles. The zero-order chi connectivity index (χ0) is 10.1.